The second-order valence-electron chi connectivity index (χ2n) is 3.70. The number of hydrogen-bond acceptors (Lipinski definition) is 3. The van der Waals surface area contributed by atoms with Gasteiger partial charge in [-0.15, -0.1) is 0 Å². The van der Waals surface area contributed by atoms with E-state index in [2.05, 4.69) is 5.32 Å². The summed E-state index contributed by atoms with van der Waals surface area (Å²) in [5.41, 5.74) is 0. The lowest BCUT2D eigenvalue weighted by atomic mass is 10.2. The number of hydrogen-bond donors (Lipinski definition) is 1. The number of carbonyl (C=O) groups excluding carboxylic acids is 2. The van der Waals surface area contributed by atoms with Gasteiger partial charge < -0.3 is 0 Å². The third kappa shape index (κ3) is 1.58. The maximum atomic E-state index is 11.4. The molecule has 4 heteroatoms. The molecular weight excluding hydrogens is 168 g/mol. The van der Waals surface area contributed by atoms with Crippen LogP contribution in [0.1, 0.15) is 25.7 Å². The molecule has 0 atom stereocenters. The van der Waals surface area contributed by atoms with Crippen molar-refractivity contribution >= 4 is 11.8 Å². The minimum absolute atomic E-state index is 0.0526. The van der Waals surface area contributed by atoms with Crippen LogP contribution in [0.3, 0.4) is 0 Å². The number of rotatable bonds is 1. The van der Waals surface area contributed by atoms with Crippen LogP contribution in [0.4, 0.5) is 0 Å². The first-order chi connectivity index (χ1) is 6.29. The first-order valence-corrected chi connectivity index (χ1v) is 4.84. The molecule has 1 saturated heterocycles. The topological polar surface area (TPSA) is 49.4 Å². The number of piperazine rings is 1. The Morgan fingerprint density at radius 2 is 1.62 bits per heavy atom. The van der Waals surface area contributed by atoms with Crippen LogP contribution in [0.2, 0.25) is 0 Å². The van der Waals surface area contributed by atoms with E-state index in [1.165, 1.54) is 4.90 Å². The van der Waals surface area contributed by atoms with Crippen molar-refractivity contribution in [1.29, 1.82) is 0 Å². The Morgan fingerprint density at radius 3 is 2.15 bits per heavy atom. The van der Waals surface area contributed by atoms with Crippen LogP contribution in [-0.2, 0) is 9.59 Å². The van der Waals surface area contributed by atoms with E-state index in [-0.39, 0.29) is 17.9 Å². The molecule has 2 aliphatic rings. The third-order valence-electron chi connectivity index (χ3n) is 2.78. The van der Waals surface area contributed by atoms with Gasteiger partial charge in [0.15, 0.2) is 0 Å². The monoisotopic (exact) mass is 182 g/mol. The van der Waals surface area contributed by atoms with Crippen molar-refractivity contribution in [3.05, 3.63) is 0 Å². The second-order valence-corrected chi connectivity index (χ2v) is 3.70. The fourth-order valence-electron chi connectivity index (χ4n) is 2.16. The Morgan fingerprint density at radius 1 is 1.08 bits per heavy atom. The average Bonchev–Trinajstić information content (AvgIpc) is 2.57. The molecule has 0 bridgehead atoms. The van der Waals surface area contributed by atoms with Crippen LogP contribution < -0.4 is 5.32 Å². The molecule has 0 radical (unpaired) electrons. The zero-order valence-corrected chi connectivity index (χ0v) is 7.58. The standard InChI is InChI=1S/C9H14N2O2/c12-8-5-10-6-9(13)11(8)7-3-1-2-4-7/h7,10H,1-6H2. The highest BCUT2D eigenvalue weighted by molar-refractivity contribution is 5.99. The summed E-state index contributed by atoms with van der Waals surface area (Å²) in [5.74, 6) is -0.105. The Balaban J connectivity index is 2.08. The van der Waals surface area contributed by atoms with E-state index >= 15 is 0 Å². The summed E-state index contributed by atoms with van der Waals surface area (Å²) in [6.07, 6.45) is 4.29. The van der Waals surface area contributed by atoms with E-state index in [1.54, 1.807) is 0 Å². The van der Waals surface area contributed by atoms with Crippen molar-refractivity contribution in [1.82, 2.24) is 10.2 Å². The zero-order chi connectivity index (χ0) is 9.26. The molecule has 2 fully saturated rings. The summed E-state index contributed by atoms with van der Waals surface area (Å²) in [6, 6.07) is 0.196. The Hall–Kier alpha value is -0.900. The molecule has 1 aliphatic carbocycles. The predicted octanol–water partition coefficient (Wildman–Crippen LogP) is -0.113. The summed E-state index contributed by atoms with van der Waals surface area (Å²) in [7, 11) is 0. The van der Waals surface area contributed by atoms with E-state index in [9.17, 15) is 9.59 Å². The van der Waals surface area contributed by atoms with Crippen LogP contribution in [0.25, 0.3) is 0 Å². The predicted molar refractivity (Wildman–Crippen MR) is 47.0 cm³/mol. The molecule has 0 spiro atoms. The van der Waals surface area contributed by atoms with Crippen LogP contribution in [-0.4, -0.2) is 35.8 Å². The molecule has 72 valence electrons. The number of amides is 2. The molecule has 0 aromatic rings. The SMILES string of the molecule is O=C1CNCC(=O)N1C1CCCC1. The normalized spacial score (nSPS) is 25.7. The van der Waals surface area contributed by atoms with Crippen molar-refractivity contribution in [3.63, 3.8) is 0 Å². The average molecular weight is 182 g/mol. The lowest BCUT2D eigenvalue weighted by molar-refractivity contribution is -0.149. The lowest BCUT2D eigenvalue weighted by Crippen LogP contribution is -2.55. The molecule has 0 unspecified atom stereocenters. The van der Waals surface area contributed by atoms with Gasteiger partial charge in [-0.2, -0.15) is 0 Å². The van der Waals surface area contributed by atoms with Crippen molar-refractivity contribution in [2.24, 2.45) is 0 Å². The van der Waals surface area contributed by atoms with Gasteiger partial charge in [-0.3, -0.25) is 19.8 Å². The summed E-state index contributed by atoms with van der Waals surface area (Å²) in [6.45, 7) is 0.643. The van der Waals surface area contributed by atoms with Gasteiger partial charge in [-0.05, 0) is 12.8 Å². The quantitative estimate of drug-likeness (QED) is 0.575. The Kier molecular flexibility index (Phi) is 2.31. The summed E-state index contributed by atoms with van der Waals surface area (Å²) < 4.78 is 0. The second kappa shape index (κ2) is 3.46. The van der Waals surface area contributed by atoms with Crippen LogP contribution in [0.5, 0.6) is 0 Å². The maximum absolute atomic E-state index is 11.4. The van der Waals surface area contributed by atoms with Gasteiger partial charge in [0, 0.05) is 6.04 Å². The third-order valence-corrected chi connectivity index (χ3v) is 2.78. The maximum Gasteiger partial charge on any atom is 0.243 e. The van der Waals surface area contributed by atoms with E-state index in [0.717, 1.165) is 25.7 Å². The fraction of sp³-hybridized carbons (Fsp3) is 0.778. The largest absolute Gasteiger partial charge is 0.300 e. The molecule has 0 aromatic heterocycles. The molecule has 1 heterocycles. The highest BCUT2D eigenvalue weighted by Crippen LogP contribution is 2.24. The molecule has 0 aromatic carbocycles. The fourth-order valence-corrected chi connectivity index (χ4v) is 2.16. The molecule has 13 heavy (non-hydrogen) atoms. The lowest BCUT2D eigenvalue weighted by Gasteiger charge is -2.30. The van der Waals surface area contributed by atoms with E-state index in [0.29, 0.717) is 13.1 Å². The first-order valence-electron chi connectivity index (χ1n) is 4.84. The van der Waals surface area contributed by atoms with Crippen LogP contribution >= 0.6 is 0 Å². The molecule has 4 nitrogen and oxygen atoms in total. The molecule has 1 N–H and O–H groups in total. The van der Waals surface area contributed by atoms with Crippen molar-refractivity contribution < 1.29 is 9.59 Å². The van der Waals surface area contributed by atoms with Gasteiger partial charge in [0.05, 0.1) is 13.1 Å². The van der Waals surface area contributed by atoms with Gasteiger partial charge >= 0.3 is 0 Å². The molecule has 1 aliphatic heterocycles. The van der Waals surface area contributed by atoms with E-state index < -0.39 is 0 Å². The Labute approximate surface area is 77.3 Å². The number of carbonyl (C=O) groups is 2. The molecular formula is C9H14N2O2. The van der Waals surface area contributed by atoms with Gasteiger partial charge in [0.1, 0.15) is 0 Å². The summed E-state index contributed by atoms with van der Waals surface area (Å²) >= 11 is 0. The smallest absolute Gasteiger partial charge is 0.243 e. The van der Waals surface area contributed by atoms with Crippen LogP contribution in [0, 0.1) is 0 Å². The van der Waals surface area contributed by atoms with Gasteiger partial charge in [-0.1, -0.05) is 12.8 Å². The highest BCUT2D eigenvalue weighted by atomic mass is 16.2. The van der Waals surface area contributed by atoms with Crippen LogP contribution in [0.15, 0.2) is 0 Å². The van der Waals surface area contributed by atoms with E-state index in [4.69, 9.17) is 0 Å². The Bertz CT molecular complexity index is 218. The minimum atomic E-state index is -0.0526. The van der Waals surface area contributed by atoms with Gasteiger partial charge in [-0.25, -0.2) is 0 Å². The first kappa shape index (κ1) is 8.69. The number of nitrogens with zero attached hydrogens (tertiary/aromatic N) is 1. The van der Waals surface area contributed by atoms with Crippen molar-refractivity contribution in [2.75, 3.05) is 13.1 Å². The van der Waals surface area contributed by atoms with Gasteiger partial charge in [0.25, 0.3) is 0 Å². The van der Waals surface area contributed by atoms with E-state index in [1.807, 2.05) is 0 Å². The summed E-state index contributed by atoms with van der Waals surface area (Å²) in [4.78, 5) is 24.3. The van der Waals surface area contributed by atoms with Gasteiger partial charge in [0.2, 0.25) is 11.8 Å². The van der Waals surface area contributed by atoms with Crippen molar-refractivity contribution in [3.8, 4) is 0 Å². The number of nitrogens with one attached hydrogen (secondary N) is 1. The molecule has 2 rings (SSSR count). The zero-order valence-electron chi connectivity index (χ0n) is 7.58. The minimum Gasteiger partial charge on any atom is -0.300 e. The number of imide groups is 1. The molecule has 2 amide bonds. The molecule has 1 saturated carbocycles. The van der Waals surface area contributed by atoms with Crippen molar-refractivity contribution in [2.45, 2.75) is 31.7 Å². The highest BCUT2D eigenvalue weighted by Gasteiger charge is 2.33. The summed E-state index contributed by atoms with van der Waals surface area (Å²) in [5, 5.41) is 2.80.